The molecule has 368 valence electrons. The maximum atomic E-state index is 13.3. The molecule has 2 saturated heterocycles. The summed E-state index contributed by atoms with van der Waals surface area (Å²) in [5, 5.41) is 12.6. The summed E-state index contributed by atoms with van der Waals surface area (Å²) >= 11 is 11.8. The van der Waals surface area contributed by atoms with Crippen LogP contribution in [0.2, 0.25) is 10.0 Å². The summed E-state index contributed by atoms with van der Waals surface area (Å²) in [5.41, 5.74) is 8.29. The van der Waals surface area contributed by atoms with E-state index in [1.54, 1.807) is 6.07 Å². The molecule has 0 bridgehead atoms. The number of nitrogens with zero attached hydrogens (tertiary/aromatic N) is 7. The molecule has 2 N–H and O–H groups in total. The van der Waals surface area contributed by atoms with Gasteiger partial charge in [0.25, 0.3) is 9.05 Å². The fourth-order valence-electron chi connectivity index (χ4n) is 8.58. The van der Waals surface area contributed by atoms with Crippen LogP contribution in [0.15, 0.2) is 131 Å². The fraction of sp³-hybridized carbons (Fsp3) is 0.294. The van der Waals surface area contributed by atoms with E-state index in [0.717, 1.165) is 82.4 Å². The number of sulfonamides is 1. The molecule has 14 nitrogen and oxygen atoms in total. The van der Waals surface area contributed by atoms with Crippen LogP contribution in [0.4, 0.5) is 0 Å². The minimum Gasteiger partial charge on any atom is -0.495 e. The first-order chi connectivity index (χ1) is 33.2. The topological polar surface area (TPSA) is 174 Å². The van der Waals surface area contributed by atoms with Gasteiger partial charge in [-0.3, -0.25) is 0 Å². The highest BCUT2D eigenvalue weighted by Gasteiger charge is 2.33. The molecule has 2 fully saturated rings. The lowest BCUT2D eigenvalue weighted by Gasteiger charge is -2.32. The monoisotopic (exact) mass is 1040 g/mol. The van der Waals surface area contributed by atoms with Crippen LogP contribution in [-0.2, 0) is 25.7 Å². The number of imidazole rings is 2. The van der Waals surface area contributed by atoms with E-state index in [0.29, 0.717) is 43.3 Å². The summed E-state index contributed by atoms with van der Waals surface area (Å²) in [4.78, 5) is 19.4. The molecule has 2 aliphatic rings. The van der Waals surface area contributed by atoms with Crippen molar-refractivity contribution < 1.29 is 26.7 Å². The van der Waals surface area contributed by atoms with Gasteiger partial charge in [0.2, 0.25) is 10.0 Å². The molecular formula is C51H55Cl3N8O6S2. The standard InChI is InChI=1S/C25H25ClN4O3S.C18H20N4.C7H6Cl2O3S.CH4/c1-17-8-10-22-25(27-17)30(24(28-22)18-6-4-3-5-7-18)19-12-14-29(15-13-19)34(31,32)20-9-11-23(33-2)21(26)16-20;1-13-7-8-16-18(20-13)22(15-9-11-19-12-10-15)17(21-16)14-5-3-2-4-6-14;8-7-3-6(13(9,11)12)2-1-5(7)4-10;/h3-11,16,19H,12-15H2,1-2H3;2-8,15,19H,9-12H2,1H3;1-3,10H,4H2;1H4. The Morgan fingerprint density at radius 2 is 1.13 bits per heavy atom. The number of aromatic nitrogens is 6. The first kappa shape index (κ1) is 52.4. The molecule has 2 aliphatic heterocycles. The number of hydrogen-bond acceptors (Lipinski definition) is 11. The van der Waals surface area contributed by atoms with E-state index >= 15 is 0 Å². The smallest absolute Gasteiger partial charge is 0.261 e. The largest absolute Gasteiger partial charge is 0.495 e. The number of ether oxygens (including phenoxy) is 1. The zero-order valence-corrected chi connectivity index (χ0v) is 42.0. The van der Waals surface area contributed by atoms with E-state index in [2.05, 4.69) is 44.8 Å². The molecule has 4 aromatic heterocycles. The normalized spacial score (nSPS) is 14.8. The molecular weight excluding hydrogens is 991 g/mol. The van der Waals surface area contributed by atoms with E-state index in [1.165, 1.54) is 41.7 Å². The van der Waals surface area contributed by atoms with Gasteiger partial charge in [0, 0.05) is 63.4 Å². The lowest BCUT2D eigenvalue weighted by molar-refractivity contribution is 0.278. The highest BCUT2D eigenvalue weighted by atomic mass is 35.7. The lowest BCUT2D eigenvalue weighted by Crippen LogP contribution is -2.39. The summed E-state index contributed by atoms with van der Waals surface area (Å²) in [6.45, 7) is 6.69. The van der Waals surface area contributed by atoms with E-state index in [-0.39, 0.29) is 39.9 Å². The van der Waals surface area contributed by atoms with Gasteiger partial charge in [-0.05, 0) is 113 Å². The van der Waals surface area contributed by atoms with E-state index in [1.807, 2.05) is 68.4 Å². The SMILES string of the molecule is C.COc1ccc(S(=O)(=O)N2CCC(n3c(-c4ccccc4)nc4ccc(C)nc43)CC2)cc1Cl.Cc1ccc2nc(-c3ccccc3)n(C3CCNCC3)c2n1.O=S(=O)(Cl)c1ccc(CO)c(Cl)c1. The first-order valence-corrected chi connectivity index (χ1v) is 26.9. The van der Waals surface area contributed by atoms with E-state index in [4.69, 9.17) is 63.7 Å². The molecule has 0 saturated carbocycles. The van der Waals surface area contributed by atoms with Crippen molar-refractivity contribution in [2.24, 2.45) is 0 Å². The predicted octanol–water partition coefficient (Wildman–Crippen LogP) is 10.8. The Labute approximate surface area is 423 Å². The summed E-state index contributed by atoms with van der Waals surface area (Å²) in [5.74, 6) is 2.35. The average Bonchev–Trinajstić information content (AvgIpc) is 3.93. The van der Waals surface area contributed by atoms with Gasteiger partial charge in [-0.1, -0.05) is 97.4 Å². The average molecular weight is 1050 g/mol. The van der Waals surface area contributed by atoms with Crippen LogP contribution in [0, 0.1) is 13.8 Å². The second-order valence-corrected chi connectivity index (χ2v) is 22.0. The van der Waals surface area contributed by atoms with Crippen molar-refractivity contribution in [2.75, 3.05) is 33.3 Å². The Morgan fingerprint density at radius 3 is 1.59 bits per heavy atom. The second-order valence-electron chi connectivity index (χ2n) is 16.7. The number of piperidine rings is 2. The van der Waals surface area contributed by atoms with Crippen LogP contribution < -0.4 is 10.1 Å². The molecule has 6 heterocycles. The molecule has 0 amide bonds. The van der Waals surface area contributed by atoms with Crippen molar-refractivity contribution in [3.8, 4) is 28.5 Å². The maximum Gasteiger partial charge on any atom is 0.261 e. The van der Waals surface area contributed by atoms with Crippen molar-refractivity contribution in [3.63, 3.8) is 0 Å². The molecule has 4 aromatic carbocycles. The van der Waals surface area contributed by atoms with Gasteiger partial charge < -0.3 is 24.3 Å². The number of benzene rings is 4. The zero-order valence-electron chi connectivity index (χ0n) is 38.1. The molecule has 0 aliphatic carbocycles. The van der Waals surface area contributed by atoms with Crippen LogP contribution in [0.5, 0.6) is 5.75 Å². The van der Waals surface area contributed by atoms with Gasteiger partial charge in [0.05, 0.1) is 28.5 Å². The zero-order chi connectivity index (χ0) is 48.9. The van der Waals surface area contributed by atoms with Gasteiger partial charge >= 0.3 is 0 Å². The second kappa shape index (κ2) is 22.8. The highest BCUT2D eigenvalue weighted by Crippen LogP contribution is 2.36. The third kappa shape index (κ3) is 11.7. The number of aryl methyl sites for hydroxylation is 2. The lowest BCUT2D eigenvalue weighted by atomic mass is 10.1. The van der Waals surface area contributed by atoms with Crippen molar-refractivity contribution in [2.45, 2.75) is 75.4 Å². The Hall–Kier alpha value is -5.43. The van der Waals surface area contributed by atoms with Gasteiger partial charge in [-0.2, -0.15) is 4.31 Å². The van der Waals surface area contributed by atoms with Gasteiger partial charge in [0.15, 0.2) is 11.3 Å². The number of nitrogens with one attached hydrogen (secondary N) is 1. The number of pyridine rings is 2. The van der Waals surface area contributed by atoms with Crippen LogP contribution in [-0.4, -0.2) is 88.6 Å². The molecule has 70 heavy (non-hydrogen) atoms. The summed E-state index contributed by atoms with van der Waals surface area (Å²) in [6.07, 6.45) is 3.57. The van der Waals surface area contributed by atoms with Gasteiger partial charge in [0.1, 0.15) is 28.4 Å². The van der Waals surface area contributed by atoms with Crippen molar-refractivity contribution in [1.82, 2.24) is 38.7 Å². The minimum absolute atomic E-state index is 0. The van der Waals surface area contributed by atoms with E-state index < -0.39 is 19.1 Å². The molecule has 0 atom stereocenters. The maximum absolute atomic E-state index is 13.3. The number of aliphatic hydroxyl groups is 1. The third-order valence-electron chi connectivity index (χ3n) is 12.1. The van der Waals surface area contributed by atoms with Crippen LogP contribution >= 0.6 is 33.9 Å². The summed E-state index contributed by atoms with van der Waals surface area (Å²) in [6, 6.07) is 37.6. The molecule has 0 spiro atoms. The minimum atomic E-state index is -3.74. The number of hydrogen-bond donors (Lipinski definition) is 2. The first-order valence-electron chi connectivity index (χ1n) is 22.4. The Balaban J connectivity index is 0.000000171. The number of rotatable bonds is 9. The third-order valence-corrected chi connectivity index (χ3v) is 16.0. The fourth-order valence-corrected chi connectivity index (χ4v) is 11.5. The number of fused-ring (bicyclic) bond motifs is 2. The van der Waals surface area contributed by atoms with Crippen LogP contribution in [0.3, 0.4) is 0 Å². The predicted molar refractivity (Wildman–Crippen MR) is 279 cm³/mol. The molecule has 19 heteroatoms. The van der Waals surface area contributed by atoms with Crippen LogP contribution in [0.1, 0.15) is 62.1 Å². The summed E-state index contributed by atoms with van der Waals surface area (Å²) in [7, 11) is -0.827. The quantitative estimate of drug-likeness (QED) is 0.132. The summed E-state index contributed by atoms with van der Waals surface area (Å²) < 4.78 is 59.4. The van der Waals surface area contributed by atoms with Crippen LogP contribution in [0.25, 0.3) is 45.1 Å². The Kier molecular flexibility index (Phi) is 17.0. The number of aliphatic hydroxyl groups excluding tert-OH is 1. The highest BCUT2D eigenvalue weighted by molar-refractivity contribution is 8.13. The van der Waals surface area contributed by atoms with Crippen molar-refractivity contribution in [3.05, 3.63) is 148 Å². The molecule has 0 unspecified atom stereocenters. The molecule has 8 aromatic rings. The molecule has 0 radical (unpaired) electrons. The van der Waals surface area contributed by atoms with Crippen molar-refractivity contribution in [1.29, 1.82) is 0 Å². The van der Waals surface area contributed by atoms with Crippen molar-refractivity contribution >= 4 is 75.3 Å². The molecule has 10 rings (SSSR count). The Morgan fingerprint density at radius 1 is 0.643 bits per heavy atom. The van der Waals surface area contributed by atoms with E-state index in [9.17, 15) is 16.8 Å². The number of halogens is 3. The van der Waals surface area contributed by atoms with Gasteiger partial charge in [-0.25, -0.2) is 36.8 Å². The van der Waals surface area contributed by atoms with Gasteiger partial charge in [-0.15, -0.1) is 0 Å². The Bertz CT molecular complexity index is 3310. The number of methoxy groups -OCH3 is 1.